The molecule has 0 saturated carbocycles. The molecule has 0 bridgehead atoms. The maximum atomic E-state index is 12.6. The zero-order valence-electron chi connectivity index (χ0n) is 16.4. The molecule has 1 saturated heterocycles. The lowest BCUT2D eigenvalue weighted by atomic mass is 10.0. The minimum Gasteiger partial charge on any atom is -0.480 e. The third-order valence-corrected chi connectivity index (χ3v) is 4.83. The average molecular weight is 390 g/mol. The predicted octanol–water partition coefficient (Wildman–Crippen LogP) is 2.64. The highest BCUT2D eigenvalue weighted by molar-refractivity contribution is 5.81. The Hall–Kier alpha value is -2.77. The first-order valence-electron chi connectivity index (χ1n) is 9.39. The molecule has 1 aromatic rings. The molecule has 1 N–H and O–H groups in total. The van der Waals surface area contributed by atoms with Crippen molar-refractivity contribution in [2.75, 3.05) is 13.1 Å². The van der Waals surface area contributed by atoms with Gasteiger partial charge in [0.1, 0.15) is 17.7 Å². The second-order valence-corrected chi connectivity index (χ2v) is 8.17. The molecule has 0 spiro atoms. The third-order valence-electron chi connectivity index (χ3n) is 4.83. The van der Waals surface area contributed by atoms with Crippen molar-refractivity contribution in [2.24, 2.45) is 0 Å². The van der Waals surface area contributed by atoms with Crippen molar-refractivity contribution in [3.63, 3.8) is 0 Å². The van der Waals surface area contributed by atoms with Gasteiger partial charge in [0.2, 0.25) is 0 Å². The lowest BCUT2D eigenvalue weighted by Gasteiger charge is -2.29. The Balaban J connectivity index is 1.62. The first kappa shape index (κ1) is 20.0. The molecule has 8 heteroatoms. The van der Waals surface area contributed by atoms with Crippen molar-refractivity contribution in [3.05, 3.63) is 35.4 Å². The Morgan fingerprint density at radius 1 is 1.11 bits per heavy atom. The molecule has 0 unspecified atom stereocenters. The van der Waals surface area contributed by atoms with Crippen LogP contribution in [0.25, 0.3) is 0 Å². The molecule has 2 aliphatic rings. The molecule has 2 aliphatic heterocycles. The number of carbonyl (C=O) groups is 3. The van der Waals surface area contributed by atoms with E-state index >= 15 is 0 Å². The minimum atomic E-state index is -1.14. The van der Waals surface area contributed by atoms with Gasteiger partial charge in [-0.25, -0.2) is 14.4 Å². The topological polar surface area (TPSA) is 96.4 Å². The highest BCUT2D eigenvalue weighted by atomic mass is 16.6. The summed E-state index contributed by atoms with van der Waals surface area (Å²) in [6, 6.07) is 6.86. The van der Waals surface area contributed by atoms with Crippen molar-refractivity contribution in [3.8, 4) is 0 Å². The fourth-order valence-corrected chi connectivity index (χ4v) is 3.51. The van der Waals surface area contributed by atoms with E-state index in [1.807, 2.05) is 24.3 Å². The number of likely N-dealkylation sites (tertiary alicyclic amines) is 1. The largest absolute Gasteiger partial charge is 0.480 e. The molecule has 2 heterocycles. The molecule has 8 nitrogen and oxygen atoms in total. The first-order valence-corrected chi connectivity index (χ1v) is 9.39. The number of nitrogens with zero attached hydrogens (tertiary/aromatic N) is 2. The van der Waals surface area contributed by atoms with Gasteiger partial charge < -0.3 is 19.5 Å². The lowest BCUT2D eigenvalue weighted by Crippen LogP contribution is -2.43. The maximum Gasteiger partial charge on any atom is 0.411 e. The monoisotopic (exact) mass is 390 g/mol. The van der Waals surface area contributed by atoms with Gasteiger partial charge in [0.25, 0.3) is 0 Å². The van der Waals surface area contributed by atoms with E-state index in [0.29, 0.717) is 13.1 Å². The summed E-state index contributed by atoms with van der Waals surface area (Å²) < 4.78 is 10.8. The Morgan fingerprint density at radius 2 is 1.79 bits per heavy atom. The van der Waals surface area contributed by atoms with E-state index in [0.717, 1.165) is 16.9 Å². The number of hydrogen-bond donors (Lipinski definition) is 1. The summed E-state index contributed by atoms with van der Waals surface area (Å²) in [6.07, 6.45) is -1.10. The van der Waals surface area contributed by atoms with Crippen molar-refractivity contribution in [2.45, 2.75) is 57.9 Å². The minimum absolute atomic E-state index is 0.00203. The van der Waals surface area contributed by atoms with Gasteiger partial charge in [0.15, 0.2) is 0 Å². The van der Waals surface area contributed by atoms with Crippen LogP contribution in [0, 0.1) is 0 Å². The van der Waals surface area contributed by atoms with Crippen LogP contribution in [-0.4, -0.2) is 63.9 Å². The molecule has 2 amide bonds. The number of amides is 2. The number of rotatable bonds is 2. The van der Waals surface area contributed by atoms with Gasteiger partial charge in [0.05, 0.1) is 6.54 Å². The predicted molar refractivity (Wildman–Crippen MR) is 99.8 cm³/mol. The average Bonchev–Trinajstić information content (AvgIpc) is 3.04. The number of carboxylic acids is 1. The van der Waals surface area contributed by atoms with Crippen LogP contribution < -0.4 is 0 Å². The normalized spacial score (nSPS) is 21.8. The fraction of sp³-hybridized carbons (Fsp3) is 0.550. The van der Waals surface area contributed by atoms with Crippen LogP contribution in [0.5, 0.6) is 0 Å². The SMILES string of the molecule is CC(C)(C)OC(=O)N1C[C@@H](OC(=O)N2CCc3ccccc3C2)C[C@H]1C(=O)O. The smallest absolute Gasteiger partial charge is 0.411 e. The molecular formula is C20H26N2O6. The Kier molecular flexibility index (Phi) is 5.49. The van der Waals surface area contributed by atoms with E-state index < -0.39 is 35.9 Å². The second-order valence-electron chi connectivity index (χ2n) is 8.17. The number of benzene rings is 1. The number of carboxylic acid groups (broad SMARTS) is 1. The summed E-state index contributed by atoms with van der Waals surface area (Å²) in [5.74, 6) is -1.14. The highest BCUT2D eigenvalue weighted by Crippen LogP contribution is 2.25. The van der Waals surface area contributed by atoms with Crippen LogP contribution in [0.4, 0.5) is 9.59 Å². The number of hydrogen-bond acceptors (Lipinski definition) is 5. The van der Waals surface area contributed by atoms with Crippen LogP contribution in [0.2, 0.25) is 0 Å². The standard InChI is InChI=1S/C20H26N2O6/c1-20(2,3)28-19(26)22-12-15(10-16(22)17(23)24)27-18(25)21-9-8-13-6-4-5-7-14(13)11-21/h4-7,15-16H,8-12H2,1-3H3,(H,23,24)/t15-,16-/m0/s1. The van der Waals surface area contributed by atoms with Crippen molar-refractivity contribution in [1.29, 1.82) is 0 Å². The van der Waals surface area contributed by atoms with Crippen molar-refractivity contribution < 1.29 is 29.0 Å². The van der Waals surface area contributed by atoms with Gasteiger partial charge in [-0.2, -0.15) is 0 Å². The highest BCUT2D eigenvalue weighted by Gasteiger charge is 2.43. The van der Waals surface area contributed by atoms with Gasteiger partial charge in [-0.05, 0) is 38.3 Å². The summed E-state index contributed by atoms with van der Waals surface area (Å²) in [5.41, 5.74) is 1.56. The molecule has 3 rings (SSSR count). The number of ether oxygens (including phenoxy) is 2. The molecule has 1 fully saturated rings. The fourth-order valence-electron chi connectivity index (χ4n) is 3.51. The summed E-state index contributed by atoms with van der Waals surface area (Å²) >= 11 is 0. The molecule has 2 atom stereocenters. The zero-order chi connectivity index (χ0) is 20.5. The third kappa shape index (κ3) is 4.55. The van der Waals surface area contributed by atoms with Crippen molar-refractivity contribution in [1.82, 2.24) is 9.80 Å². The molecule has 0 aromatic heterocycles. The Bertz CT molecular complexity index is 772. The Labute approximate surface area is 164 Å². The van der Waals surface area contributed by atoms with E-state index in [-0.39, 0.29) is 13.0 Å². The summed E-state index contributed by atoms with van der Waals surface area (Å²) in [5, 5.41) is 9.44. The maximum absolute atomic E-state index is 12.6. The molecular weight excluding hydrogens is 364 g/mol. The van der Waals surface area contributed by atoms with Crippen molar-refractivity contribution >= 4 is 18.2 Å². The van der Waals surface area contributed by atoms with E-state index in [2.05, 4.69) is 0 Å². The van der Waals surface area contributed by atoms with E-state index in [1.54, 1.807) is 25.7 Å². The van der Waals surface area contributed by atoms with E-state index in [1.165, 1.54) is 5.56 Å². The van der Waals surface area contributed by atoms with Gasteiger partial charge in [-0.1, -0.05) is 24.3 Å². The van der Waals surface area contributed by atoms with E-state index in [4.69, 9.17) is 9.47 Å². The van der Waals surface area contributed by atoms with Crippen LogP contribution in [0.3, 0.4) is 0 Å². The zero-order valence-corrected chi connectivity index (χ0v) is 16.4. The van der Waals surface area contributed by atoms with Gasteiger partial charge in [-0.3, -0.25) is 4.90 Å². The quantitative estimate of drug-likeness (QED) is 0.834. The summed E-state index contributed by atoms with van der Waals surface area (Å²) in [7, 11) is 0. The number of aliphatic carboxylic acids is 1. The molecule has 152 valence electrons. The van der Waals surface area contributed by atoms with Gasteiger partial charge in [-0.15, -0.1) is 0 Å². The van der Waals surface area contributed by atoms with Gasteiger partial charge >= 0.3 is 18.2 Å². The summed E-state index contributed by atoms with van der Waals surface area (Å²) in [6.45, 7) is 6.13. The van der Waals surface area contributed by atoms with E-state index in [9.17, 15) is 19.5 Å². The van der Waals surface area contributed by atoms with Crippen LogP contribution in [0.15, 0.2) is 24.3 Å². The molecule has 1 aromatic carbocycles. The lowest BCUT2D eigenvalue weighted by molar-refractivity contribution is -0.142. The number of fused-ring (bicyclic) bond motifs is 1. The second kappa shape index (κ2) is 7.69. The molecule has 0 aliphatic carbocycles. The number of carbonyl (C=O) groups excluding carboxylic acids is 2. The van der Waals surface area contributed by atoms with Gasteiger partial charge in [0, 0.05) is 19.5 Å². The van der Waals surface area contributed by atoms with Crippen LogP contribution >= 0.6 is 0 Å². The van der Waals surface area contributed by atoms with Crippen LogP contribution in [-0.2, 0) is 27.2 Å². The van der Waals surface area contributed by atoms with Crippen LogP contribution in [0.1, 0.15) is 38.3 Å². The Morgan fingerprint density at radius 3 is 2.43 bits per heavy atom. The molecule has 28 heavy (non-hydrogen) atoms. The molecule has 0 radical (unpaired) electrons. The first-order chi connectivity index (χ1) is 13.1. The summed E-state index contributed by atoms with van der Waals surface area (Å²) in [4.78, 5) is 39.2.